The zero-order valence-electron chi connectivity index (χ0n) is 15.8. The molecule has 0 bridgehead atoms. The third-order valence-corrected chi connectivity index (χ3v) is 4.63. The third-order valence-electron chi connectivity index (χ3n) is 4.37. The molecular formula is C20H18ClN7O. The van der Waals surface area contributed by atoms with Crippen molar-refractivity contribution in [3.05, 3.63) is 70.8 Å². The van der Waals surface area contributed by atoms with Gasteiger partial charge in [0.15, 0.2) is 5.15 Å². The molecule has 0 aliphatic rings. The van der Waals surface area contributed by atoms with E-state index in [2.05, 4.69) is 35.8 Å². The molecule has 9 heteroatoms. The molecule has 0 saturated heterocycles. The number of aromatic nitrogens is 5. The number of hydrogen-bond donors (Lipinski definition) is 3. The molecule has 8 nitrogen and oxygen atoms in total. The van der Waals surface area contributed by atoms with Crippen LogP contribution >= 0.6 is 11.6 Å². The van der Waals surface area contributed by atoms with Crippen molar-refractivity contribution in [1.82, 2.24) is 25.1 Å². The molecule has 3 heterocycles. The average molecular weight is 408 g/mol. The van der Waals surface area contributed by atoms with Crippen LogP contribution < -0.4 is 10.6 Å². The average Bonchev–Trinajstić information content (AvgIpc) is 3.08. The Balaban J connectivity index is 1.49. The number of amides is 1. The van der Waals surface area contributed by atoms with E-state index in [0.29, 0.717) is 33.4 Å². The molecular weight excluding hydrogens is 390 g/mol. The van der Waals surface area contributed by atoms with Gasteiger partial charge in [-0.05, 0) is 43.2 Å². The molecule has 4 aromatic rings. The van der Waals surface area contributed by atoms with Crippen molar-refractivity contribution in [3.63, 3.8) is 0 Å². The van der Waals surface area contributed by atoms with Crippen LogP contribution in [-0.4, -0.2) is 31.1 Å². The molecule has 0 aliphatic carbocycles. The van der Waals surface area contributed by atoms with Crippen molar-refractivity contribution in [1.29, 1.82) is 0 Å². The number of anilines is 2. The van der Waals surface area contributed by atoms with Crippen LogP contribution in [-0.2, 0) is 0 Å². The number of hydrogen-bond acceptors (Lipinski definition) is 6. The van der Waals surface area contributed by atoms with Gasteiger partial charge in [0, 0.05) is 18.1 Å². The van der Waals surface area contributed by atoms with Crippen LogP contribution in [0.2, 0.25) is 5.15 Å². The second kappa shape index (κ2) is 7.84. The molecule has 1 amide bonds. The molecule has 29 heavy (non-hydrogen) atoms. The van der Waals surface area contributed by atoms with Crippen molar-refractivity contribution in [2.24, 2.45) is 0 Å². The van der Waals surface area contributed by atoms with Crippen LogP contribution in [0, 0.1) is 6.92 Å². The van der Waals surface area contributed by atoms with Gasteiger partial charge in [-0.1, -0.05) is 23.7 Å². The molecule has 146 valence electrons. The van der Waals surface area contributed by atoms with E-state index >= 15 is 0 Å². The molecule has 0 aliphatic heterocycles. The van der Waals surface area contributed by atoms with Gasteiger partial charge >= 0.3 is 0 Å². The Kier molecular flexibility index (Phi) is 5.09. The van der Waals surface area contributed by atoms with Gasteiger partial charge in [-0.3, -0.25) is 14.9 Å². The number of H-pyrrole nitrogens is 1. The first-order valence-electron chi connectivity index (χ1n) is 8.96. The summed E-state index contributed by atoms with van der Waals surface area (Å²) in [5, 5.41) is 13.2. The van der Waals surface area contributed by atoms with Crippen molar-refractivity contribution < 1.29 is 4.79 Å². The summed E-state index contributed by atoms with van der Waals surface area (Å²) in [7, 11) is 0. The summed E-state index contributed by atoms with van der Waals surface area (Å²) in [6.45, 7) is 3.89. The van der Waals surface area contributed by atoms with Gasteiger partial charge in [0.2, 0.25) is 5.65 Å². The number of aryl methyl sites for hydroxylation is 1. The van der Waals surface area contributed by atoms with E-state index in [1.807, 2.05) is 38.1 Å². The van der Waals surface area contributed by atoms with Crippen molar-refractivity contribution >= 4 is 40.2 Å². The van der Waals surface area contributed by atoms with Gasteiger partial charge in [-0.15, -0.1) is 0 Å². The Bertz CT molecular complexity index is 1190. The molecule has 0 spiro atoms. The van der Waals surface area contributed by atoms with Crippen LogP contribution in [0.3, 0.4) is 0 Å². The van der Waals surface area contributed by atoms with Crippen molar-refractivity contribution in [3.8, 4) is 0 Å². The Labute approximate surface area is 171 Å². The number of nitrogens with one attached hydrogen (secondary N) is 3. The van der Waals surface area contributed by atoms with E-state index in [-0.39, 0.29) is 11.9 Å². The summed E-state index contributed by atoms with van der Waals surface area (Å²) in [6.07, 6.45) is 4.86. The minimum absolute atomic E-state index is 0.0788. The molecule has 0 unspecified atom stereocenters. The quantitative estimate of drug-likeness (QED) is 0.459. The zero-order valence-corrected chi connectivity index (χ0v) is 16.5. The number of carbonyl (C=O) groups excluding carboxylic acids is 1. The number of aromatic amines is 1. The molecule has 0 saturated carbocycles. The summed E-state index contributed by atoms with van der Waals surface area (Å²) in [6, 6.07) is 9.33. The van der Waals surface area contributed by atoms with E-state index in [0.717, 1.165) is 11.1 Å². The highest BCUT2D eigenvalue weighted by molar-refractivity contribution is 6.33. The Hall–Kier alpha value is -3.52. The number of rotatable bonds is 5. The van der Waals surface area contributed by atoms with E-state index in [1.54, 1.807) is 24.7 Å². The van der Waals surface area contributed by atoms with Gasteiger partial charge in [0.05, 0.1) is 17.8 Å². The smallest absolute Gasteiger partial charge is 0.257 e. The maximum Gasteiger partial charge on any atom is 0.257 e. The fraction of sp³-hybridized carbons (Fsp3) is 0.150. The van der Waals surface area contributed by atoms with Crippen molar-refractivity contribution in [2.75, 3.05) is 10.6 Å². The molecule has 1 atom stereocenters. The number of fused-ring (bicyclic) bond motifs is 1. The van der Waals surface area contributed by atoms with E-state index < -0.39 is 0 Å². The molecule has 1 aromatic carbocycles. The highest BCUT2D eigenvalue weighted by atomic mass is 35.5. The second-order valence-corrected chi connectivity index (χ2v) is 7.04. The lowest BCUT2D eigenvalue weighted by molar-refractivity contribution is 0.102. The van der Waals surface area contributed by atoms with Gasteiger partial charge in [-0.25, -0.2) is 9.97 Å². The van der Waals surface area contributed by atoms with Gasteiger partial charge < -0.3 is 10.6 Å². The maximum absolute atomic E-state index is 12.5. The molecule has 0 radical (unpaired) electrons. The van der Waals surface area contributed by atoms with E-state index in [9.17, 15) is 4.79 Å². The molecule has 3 N–H and O–H groups in total. The topological polar surface area (TPSA) is 108 Å². The number of benzene rings is 1. The van der Waals surface area contributed by atoms with Gasteiger partial charge in [-0.2, -0.15) is 5.10 Å². The van der Waals surface area contributed by atoms with Crippen LogP contribution in [0.1, 0.15) is 34.5 Å². The predicted molar refractivity (Wildman–Crippen MR) is 112 cm³/mol. The van der Waals surface area contributed by atoms with Crippen LogP contribution in [0.4, 0.5) is 11.5 Å². The largest absolute Gasteiger partial charge is 0.362 e. The fourth-order valence-corrected chi connectivity index (χ4v) is 3.08. The molecule has 4 rings (SSSR count). The van der Waals surface area contributed by atoms with E-state index in [4.69, 9.17) is 11.6 Å². The number of nitrogens with zero attached hydrogens (tertiary/aromatic N) is 4. The number of pyridine rings is 1. The van der Waals surface area contributed by atoms with Gasteiger partial charge in [0.1, 0.15) is 11.3 Å². The van der Waals surface area contributed by atoms with E-state index in [1.165, 1.54) is 0 Å². The summed E-state index contributed by atoms with van der Waals surface area (Å²) in [5.41, 5.74) is 4.09. The summed E-state index contributed by atoms with van der Waals surface area (Å²) in [4.78, 5) is 25.2. The zero-order chi connectivity index (χ0) is 20.4. The first kappa shape index (κ1) is 18.8. The number of carbonyl (C=O) groups is 1. The molecule has 0 fully saturated rings. The minimum Gasteiger partial charge on any atom is -0.362 e. The van der Waals surface area contributed by atoms with Crippen LogP contribution in [0.15, 0.2) is 48.9 Å². The van der Waals surface area contributed by atoms with Crippen LogP contribution in [0.25, 0.3) is 11.2 Å². The maximum atomic E-state index is 12.5. The van der Waals surface area contributed by atoms with Gasteiger partial charge in [0.25, 0.3) is 5.91 Å². The Morgan fingerprint density at radius 3 is 2.90 bits per heavy atom. The SMILES string of the molecule is Cc1cncc(C(=O)Nc2cccc([C@H](C)Nc3cnc4n[nH]c(Cl)c4n3)c2)c1. The first-order valence-corrected chi connectivity index (χ1v) is 9.33. The lowest BCUT2D eigenvalue weighted by atomic mass is 10.1. The van der Waals surface area contributed by atoms with Crippen molar-refractivity contribution in [2.45, 2.75) is 19.9 Å². The summed E-state index contributed by atoms with van der Waals surface area (Å²) >= 11 is 6.03. The third kappa shape index (κ3) is 4.17. The minimum atomic E-state index is -0.204. The Morgan fingerprint density at radius 2 is 2.07 bits per heavy atom. The van der Waals surface area contributed by atoms with Crippen LogP contribution in [0.5, 0.6) is 0 Å². The molecule has 3 aromatic heterocycles. The summed E-state index contributed by atoms with van der Waals surface area (Å²) < 4.78 is 0. The first-order chi connectivity index (χ1) is 14.0. The number of halogens is 1. The lowest BCUT2D eigenvalue weighted by Crippen LogP contribution is -2.13. The normalized spacial score (nSPS) is 12.0. The fourth-order valence-electron chi connectivity index (χ4n) is 2.91. The standard InChI is InChI=1S/C20H18ClN7O/c1-11-6-14(9-22-8-11)20(29)25-15-5-3-4-13(7-15)12(2)24-16-10-23-19-17(26-16)18(21)27-28-19/h3-10,12H,1-2H3,(H,24,26)(H,25,29)(H,23,27,28)/t12-/m0/s1. The predicted octanol–water partition coefficient (Wildman–Crippen LogP) is 4.14. The monoisotopic (exact) mass is 407 g/mol. The Morgan fingerprint density at radius 1 is 1.21 bits per heavy atom. The summed E-state index contributed by atoms with van der Waals surface area (Å²) in [5.74, 6) is 0.374. The lowest BCUT2D eigenvalue weighted by Gasteiger charge is -2.16. The second-order valence-electron chi connectivity index (χ2n) is 6.66. The highest BCUT2D eigenvalue weighted by Crippen LogP contribution is 2.23. The highest BCUT2D eigenvalue weighted by Gasteiger charge is 2.12.